The van der Waals surface area contributed by atoms with Gasteiger partial charge in [0.15, 0.2) is 5.82 Å². The first-order valence-electron chi connectivity index (χ1n) is 10.7. The van der Waals surface area contributed by atoms with Gasteiger partial charge in [0.05, 0.1) is 5.56 Å². The Morgan fingerprint density at radius 1 is 0.889 bits per heavy atom. The summed E-state index contributed by atoms with van der Waals surface area (Å²) in [7, 11) is 0. The Hall–Kier alpha value is -4.99. The molecule has 3 aromatic carbocycles. The van der Waals surface area contributed by atoms with E-state index in [4.69, 9.17) is 9.15 Å². The fraction of sp³-hybridized carbons (Fsp3) is 0.0385. The fourth-order valence-electron chi connectivity index (χ4n) is 3.33. The number of oxazole rings is 1. The predicted octanol–water partition coefficient (Wildman–Crippen LogP) is 4.96. The molecule has 2 aromatic heterocycles. The lowest BCUT2D eigenvalue weighted by Gasteiger charge is -2.11. The first-order valence-corrected chi connectivity index (χ1v) is 10.7. The van der Waals surface area contributed by atoms with Crippen LogP contribution in [0.2, 0.25) is 0 Å². The number of ketones is 1. The number of carbonyl (C=O) groups excluding carboxylic acids is 2. The molecule has 1 N–H and O–H groups in total. The fourth-order valence-corrected chi connectivity index (χ4v) is 3.33. The molecule has 0 fully saturated rings. The molecule has 2 heterocycles. The number of anilines is 1. The molecule has 0 bridgehead atoms. The molecule has 36 heavy (non-hydrogen) atoms. The summed E-state index contributed by atoms with van der Waals surface area (Å²) in [6, 6.07) is 19.6. The summed E-state index contributed by atoms with van der Waals surface area (Å²) in [5.41, 5.74) is 0.378. The van der Waals surface area contributed by atoms with Crippen molar-refractivity contribution in [2.24, 2.45) is 0 Å². The van der Waals surface area contributed by atoms with Crippen LogP contribution >= 0.6 is 0 Å². The van der Waals surface area contributed by atoms with Gasteiger partial charge in [-0.25, -0.2) is 13.8 Å². The topological polar surface area (TPSA) is 107 Å². The molecule has 5 aromatic rings. The summed E-state index contributed by atoms with van der Waals surface area (Å²) in [5.74, 6) is -3.43. The zero-order valence-corrected chi connectivity index (χ0v) is 18.4. The number of carbonyl (C=O) groups is 2. The van der Waals surface area contributed by atoms with Crippen LogP contribution in [0, 0.1) is 11.6 Å². The molecule has 0 aliphatic carbocycles. The smallest absolute Gasteiger partial charge is 0.272 e. The number of ether oxygens (including phenoxy) is 1. The second kappa shape index (κ2) is 9.71. The lowest BCUT2D eigenvalue weighted by molar-refractivity contribution is 0.100. The van der Waals surface area contributed by atoms with Gasteiger partial charge in [0.25, 0.3) is 23.4 Å². The number of halogens is 2. The van der Waals surface area contributed by atoms with Gasteiger partial charge in [-0.2, -0.15) is 9.97 Å². The molecule has 0 aliphatic rings. The van der Waals surface area contributed by atoms with Gasteiger partial charge >= 0.3 is 0 Å². The Morgan fingerprint density at radius 2 is 1.67 bits per heavy atom. The van der Waals surface area contributed by atoms with E-state index in [0.717, 1.165) is 17.7 Å². The van der Waals surface area contributed by atoms with E-state index < -0.39 is 23.3 Å². The number of fused-ring (bicyclic) bond motifs is 1. The quantitative estimate of drug-likeness (QED) is 0.324. The first kappa shape index (κ1) is 22.8. The molecule has 0 saturated carbocycles. The van der Waals surface area contributed by atoms with Crippen molar-refractivity contribution in [3.8, 4) is 5.88 Å². The van der Waals surface area contributed by atoms with E-state index >= 15 is 0 Å². The molecule has 0 atom stereocenters. The maximum atomic E-state index is 14.1. The minimum Gasteiger partial charge on any atom is -0.470 e. The van der Waals surface area contributed by atoms with Gasteiger partial charge in [-0.05, 0) is 29.8 Å². The minimum absolute atomic E-state index is 0.0233. The second-order valence-corrected chi connectivity index (χ2v) is 7.57. The van der Waals surface area contributed by atoms with Gasteiger partial charge in [-0.1, -0.05) is 54.6 Å². The first-order chi connectivity index (χ1) is 17.5. The monoisotopic (exact) mass is 486 g/mol. The van der Waals surface area contributed by atoms with Crippen LogP contribution in [-0.2, 0) is 6.61 Å². The zero-order chi connectivity index (χ0) is 25.1. The van der Waals surface area contributed by atoms with Gasteiger partial charge in [-0.3, -0.25) is 9.59 Å². The highest BCUT2D eigenvalue weighted by Gasteiger charge is 2.23. The lowest BCUT2D eigenvalue weighted by Crippen LogP contribution is -2.16. The van der Waals surface area contributed by atoms with Crippen LogP contribution in [0.3, 0.4) is 0 Å². The van der Waals surface area contributed by atoms with Crippen LogP contribution in [0.4, 0.5) is 14.6 Å². The van der Waals surface area contributed by atoms with E-state index in [2.05, 4.69) is 20.3 Å². The molecule has 5 rings (SSSR count). The number of amides is 1. The maximum Gasteiger partial charge on any atom is 0.272 e. The van der Waals surface area contributed by atoms with Crippen LogP contribution in [-0.4, -0.2) is 26.6 Å². The third kappa shape index (κ3) is 4.78. The predicted molar refractivity (Wildman–Crippen MR) is 125 cm³/mol. The van der Waals surface area contributed by atoms with Crippen LogP contribution < -0.4 is 10.1 Å². The van der Waals surface area contributed by atoms with Gasteiger partial charge < -0.3 is 14.5 Å². The number of aromatic nitrogens is 3. The Labute approximate surface area is 202 Å². The standard InChI is InChI=1S/C26H16F2N4O4/c27-17-10-6-9-16(13-17)20(33)24-31-22-26(36-24)32-25(35-14-15-7-2-1-3-8-15)21(29-22)30-23(34)18-11-4-5-12-19(18)28/h1-13H,14H2,(H,29,30,34). The molecule has 0 saturated heterocycles. The molecular formula is C26H16F2N4O4. The molecule has 0 spiro atoms. The van der Waals surface area contributed by atoms with E-state index in [9.17, 15) is 18.4 Å². The van der Waals surface area contributed by atoms with Gasteiger partial charge in [0.1, 0.15) is 18.2 Å². The number of hydrogen-bond acceptors (Lipinski definition) is 7. The highest BCUT2D eigenvalue weighted by Crippen LogP contribution is 2.26. The van der Waals surface area contributed by atoms with E-state index in [-0.39, 0.29) is 46.7 Å². The van der Waals surface area contributed by atoms with E-state index in [0.29, 0.717) is 0 Å². The number of nitrogens with one attached hydrogen (secondary N) is 1. The van der Waals surface area contributed by atoms with Crippen molar-refractivity contribution in [2.45, 2.75) is 6.61 Å². The maximum absolute atomic E-state index is 14.1. The normalized spacial score (nSPS) is 10.8. The molecule has 1 amide bonds. The number of hydrogen-bond donors (Lipinski definition) is 1. The van der Waals surface area contributed by atoms with Crippen molar-refractivity contribution in [1.82, 2.24) is 15.0 Å². The highest BCUT2D eigenvalue weighted by atomic mass is 19.1. The Morgan fingerprint density at radius 3 is 2.44 bits per heavy atom. The Balaban J connectivity index is 1.51. The van der Waals surface area contributed by atoms with Gasteiger partial charge in [0.2, 0.25) is 11.4 Å². The molecule has 178 valence electrons. The third-order valence-corrected chi connectivity index (χ3v) is 5.07. The zero-order valence-electron chi connectivity index (χ0n) is 18.4. The van der Waals surface area contributed by atoms with Crippen LogP contribution in [0.25, 0.3) is 11.4 Å². The summed E-state index contributed by atoms with van der Waals surface area (Å²) < 4.78 is 38.9. The molecule has 8 nitrogen and oxygen atoms in total. The van der Waals surface area contributed by atoms with Crippen molar-refractivity contribution in [2.75, 3.05) is 5.32 Å². The number of benzene rings is 3. The van der Waals surface area contributed by atoms with Crippen molar-refractivity contribution in [1.29, 1.82) is 0 Å². The van der Waals surface area contributed by atoms with Crippen molar-refractivity contribution < 1.29 is 27.5 Å². The van der Waals surface area contributed by atoms with E-state index in [1.807, 2.05) is 30.3 Å². The third-order valence-electron chi connectivity index (χ3n) is 5.07. The Bertz CT molecular complexity index is 1590. The van der Waals surface area contributed by atoms with Gasteiger partial charge in [0, 0.05) is 5.56 Å². The summed E-state index contributed by atoms with van der Waals surface area (Å²) in [5, 5.41) is 2.48. The van der Waals surface area contributed by atoms with Crippen molar-refractivity contribution in [3.63, 3.8) is 0 Å². The molecule has 0 aliphatic heterocycles. The molecular weight excluding hydrogens is 470 g/mol. The van der Waals surface area contributed by atoms with Crippen molar-refractivity contribution >= 4 is 28.9 Å². The van der Waals surface area contributed by atoms with Crippen LogP contribution in [0.5, 0.6) is 5.88 Å². The SMILES string of the molecule is O=C(c1cccc(F)c1)c1nc2nc(NC(=O)c3ccccc3F)c(OCc3ccccc3)nc2o1. The lowest BCUT2D eigenvalue weighted by atomic mass is 10.1. The minimum atomic E-state index is -0.786. The highest BCUT2D eigenvalue weighted by molar-refractivity contribution is 6.07. The average molecular weight is 486 g/mol. The van der Waals surface area contributed by atoms with Crippen molar-refractivity contribution in [3.05, 3.63) is 113 Å². The number of nitrogens with zero attached hydrogens (tertiary/aromatic N) is 3. The second-order valence-electron chi connectivity index (χ2n) is 7.57. The van der Waals surface area contributed by atoms with E-state index in [1.54, 1.807) is 0 Å². The Kier molecular flexibility index (Phi) is 6.14. The molecule has 10 heteroatoms. The summed E-state index contributed by atoms with van der Waals surface area (Å²) in [6.45, 7) is 0.0762. The number of rotatable bonds is 7. The van der Waals surface area contributed by atoms with E-state index in [1.165, 1.54) is 36.4 Å². The summed E-state index contributed by atoms with van der Waals surface area (Å²) in [4.78, 5) is 37.9. The van der Waals surface area contributed by atoms with Gasteiger partial charge in [-0.15, -0.1) is 0 Å². The average Bonchev–Trinajstić information content (AvgIpc) is 3.30. The summed E-state index contributed by atoms with van der Waals surface area (Å²) in [6.07, 6.45) is 0. The largest absolute Gasteiger partial charge is 0.470 e. The van der Waals surface area contributed by atoms with Crippen LogP contribution in [0.1, 0.15) is 32.2 Å². The summed E-state index contributed by atoms with van der Waals surface area (Å²) >= 11 is 0. The molecule has 0 unspecified atom stereocenters. The van der Waals surface area contributed by atoms with Crippen LogP contribution in [0.15, 0.2) is 83.3 Å². The molecule has 0 radical (unpaired) electrons.